The Morgan fingerprint density at radius 2 is 1.75 bits per heavy atom. The molecule has 4 nitrogen and oxygen atoms in total. The molecule has 1 saturated carbocycles. The molecule has 4 heteroatoms. The third-order valence-electron chi connectivity index (χ3n) is 4.22. The van der Waals surface area contributed by atoms with Crippen LogP contribution >= 0.6 is 0 Å². The van der Waals surface area contributed by atoms with E-state index in [1.54, 1.807) is 12.1 Å². The summed E-state index contributed by atoms with van der Waals surface area (Å²) in [5.41, 5.74) is 0.870. The molecule has 1 aliphatic rings. The lowest BCUT2D eigenvalue weighted by Gasteiger charge is -2.14. The Hall–Kier alpha value is -1.84. The third-order valence-corrected chi connectivity index (χ3v) is 4.22. The van der Waals surface area contributed by atoms with Gasteiger partial charge in [0.15, 0.2) is 0 Å². The second kappa shape index (κ2) is 5.65. The molecular formula is C16H21NO3. The van der Waals surface area contributed by atoms with Crippen molar-refractivity contribution < 1.29 is 14.7 Å². The molecule has 108 valence electrons. The molecule has 0 aromatic heterocycles. The molecule has 20 heavy (non-hydrogen) atoms. The molecule has 0 radical (unpaired) electrons. The van der Waals surface area contributed by atoms with E-state index in [4.69, 9.17) is 0 Å². The van der Waals surface area contributed by atoms with Crippen molar-refractivity contribution in [1.82, 2.24) is 0 Å². The van der Waals surface area contributed by atoms with Crippen LogP contribution in [-0.4, -0.2) is 17.0 Å². The molecule has 0 heterocycles. The zero-order chi connectivity index (χ0) is 14.8. The number of aliphatic carboxylic acids is 1. The number of carboxylic acids is 1. The summed E-state index contributed by atoms with van der Waals surface area (Å²) in [7, 11) is 0. The van der Waals surface area contributed by atoms with Gasteiger partial charge in [0.05, 0.1) is 5.41 Å². The van der Waals surface area contributed by atoms with Crippen LogP contribution in [0.15, 0.2) is 24.3 Å². The predicted molar refractivity (Wildman–Crippen MR) is 77.7 cm³/mol. The van der Waals surface area contributed by atoms with Gasteiger partial charge in [0.25, 0.3) is 0 Å². The lowest BCUT2D eigenvalue weighted by atomic mass is 9.96. The van der Waals surface area contributed by atoms with Gasteiger partial charge in [0.2, 0.25) is 5.91 Å². The summed E-state index contributed by atoms with van der Waals surface area (Å²) in [5, 5.41) is 12.1. The maximum atomic E-state index is 12.0. The molecular weight excluding hydrogens is 254 g/mol. The largest absolute Gasteiger partial charge is 0.481 e. The first-order valence-corrected chi connectivity index (χ1v) is 7.18. The minimum absolute atomic E-state index is 0.0297. The standard InChI is InChI=1S/C16H21NO3/c1-3-11(4-2)14(18)17-13-7-5-12(6-8-13)16(9-10-16)15(19)20/h5-8,11H,3-4,9-10H2,1-2H3,(H,17,18)(H,19,20). The summed E-state index contributed by atoms with van der Waals surface area (Å²) >= 11 is 0. The Kier molecular flexibility index (Phi) is 4.12. The van der Waals surface area contributed by atoms with Crippen molar-refractivity contribution in [2.75, 3.05) is 5.32 Å². The molecule has 0 atom stereocenters. The molecule has 1 aromatic rings. The van der Waals surface area contributed by atoms with Crippen LogP contribution in [0.5, 0.6) is 0 Å². The van der Waals surface area contributed by atoms with E-state index in [-0.39, 0.29) is 11.8 Å². The Morgan fingerprint density at radius 3 is 2.15 bits per heavy atom. The van der Waals surface area contributed by atoms with Gasteiger partial charge in [0.1, 0.15) is 0 Å². The molecule has 1 amide bonds. The van der Waals surface area contributed by atoms with E-state index < -0.39 is 11.4 Å². The van der Waals surface area contributed by atoms with Crippen molar-refractivity contribution in [3.63, 3.8) is 0 Å². The summed E-state index contributed by atoms with van der Waals surface area (Å²) in [4.78, 5) is 23.2. The van der Waals surface area contributed by atoms with Crippen LogP contribution < -0.4 is 5.32 Å². The number of carboxylic acid groups (broad SMARTS) is 1. The monoisotopic (exact) mass is 275 g/mol. The van der Waals surface area contributed by atoms with Crippen LogP contribution in [0.4, 0.5) is 5.69 Å². The molecule has 1 aromatic carbocycles. The average molecular weight is 275 g/mol. The van der Waals surface area contributed by atoms with Crippen LogP contribution in [-0.2, 0) is 15.0 Å². The third kappa shape index (κ3) is 2.69. The Bertz CT molecular complexity index is 499. The topological polar surface area (TPSA) is 66.4 Å². The second-order valence-corrected chi connectivity index (χ2v) is 5.47. The van der Waals surface area contributed by atoms with E-state index in [0.717, 1.165) is 24.1 Å². The summed E-state index contributed by atoms with van der Waals surface area (Å²) < 4.78 is 0. The van der Waals surface area contributed by atoms with Crippen LogP contribution in [0.1, 0.15) is 45.1 Å². The molecule has 0 unspecified atom stereocenters. The van der Waals surface area contributed by atoms with Crippen LogP contribution in [0.25, 0.3) is 0 Å². The van der Waals surface area contributed by atoms with E-state index in [2.05, 4.69) is 5.32 Å². The number of hydrogen-bond donors (Lipinski definition) is 2. The SMILES string of the molecule is CCC(CC)C(=O)Nc1ccc(C2(C(=O)O)CC2)cc1. The van der Waals surface area contributed by atoms with E-state index in [9.17, 15) is 14.7 Å². The fourth-order valence-corrected chi connectivity index (χ4v) is 2.53. The van der Waals surface area contributed by atoms with Crippen LogP contribution in [0.2, 0.25) is 0 Å². The van der Waals surface area contributed by atoms with Gasteiger partial charge < -0.3 is 10.4 Å². The molecule has 0 saturated heterocycles. The maximum absolute atomic E-state index is 12.0. The van der Waals surface area contributed by atoms with Crippen LogP contribution in [0, 0.1) is 5.92 Å². The number of carbonyl (C=O) groups is 2. The number of nitrogens with one attached hydrogen (secondary N) is 1. The Balaban J connectivity index is 2.06. The first-order chi connectivity index (χ1) is 9.53. The number of hydrogen-bond acceptors (Lipinski definition) is 2. The van der Waals surface area contributed by atoms with Gasteiger partial charge in [0, 0.05) is 11.6 Å². The molecule has 0 spiro atoms. The van der Waals surface area contributed by atoms with Crippen molar-refractivity contribution >= 4 is 17.6 Å². The summed E-state index contributed by atoms with van der Waals surface area (Å²) in [6.07, 6.45) is 3.04. The number of benzene rings is 1. The van der Waals surface area contributed by atoms with E-state index in [1.807, 2.05) is 26.0 Å². The van der Waals surface area contributed by atoms with Crippen LogP contribution in [0.3, 0.4) is 0 Å². The highest BCUT2D eigenvalue weighted by Crippen LogP contribution is 2.48. The van der Waals surface area contributed by atoms with Gasteiger partial charge >= 0.3 is 5.97 Å². The minimum atomic E-state index is -0.758. The summed E-state index contributed by atoms with van der Waals surface area (Å²) in [6, 6.07) is 7.20. The van der Waals surface area contributed by atoms with Gasteiger partial charge in [-0.3, -0.25) is 9.59 Å². The smallest absolute Gasteiger partial charge is 0.314 e. The van der Waals surface area contributed by atoms with Crippen molar-refractivity contribution in [2.24, 2.45) is 5.92 Å². The van der Waals surface area contributed by atoms with E-state index in [0.29, 0.717) is 12.8 Å². The van der Waals surface area contributed by atoms with E-state index >= 15 is 0 Å². The highest BCUT2D eigenvalue weighted by molar-refractivity contribution is 5.92. The number of amides is 1. The minimum Gasteiger partial charge on any atom is -0.481 e. The van der Waals surface area contributed by atoms with Gasteiger partial charge in [-0.1, -0.05) is 26.0 Å². The van der Waals surface area contributed by atoms with Gasteiger partial charge in [-0.2, -0.15) is 0 Å². The molecule has 0 aliphatic heterocycles. The van der Waals surface area contributed by atoms with Gasteiger partial charge in [-0.25, -0.2) is 0 Å². The van der Waals surface area contributed by atoms with Gasteiger partial charge in [-0.15, -0.1) is 0 Å². The molecule has 1 fully saturated rings. The zero-order valence-electron chi connectivity index (χ0n) is 12.0. The fourth-order valence-electron chi connectivity index (χ4n) is 2.53. The van der Waals surface area contributed by atoms with E-state index in [1.165, 1.54) is 0 Å². The number of rotatable bonds is 6. The predicted octanol–water partition coefficient (Wildman–Crippen LogP) is 3.18. The molecule has 0 bridgehead atoms. The van der Waals surface area contributed by atoms with Crippen molar-refractivity contribution in [3.05, 3.63) is 29.8 Å². The number of carbonyl (C=O) groups excluding carboxylic acids is 1. The molecule has 2 rings (SSSR count). The normalized spacial score (nSPS) is 15.9. The Morgan fingerprint density at radius 1 is 1.20 bits per heavy atom. The van der Waals surface area contributed by atoms with Crippen molar-refractivity contribution in [2.45, 2.75) is 44.9 Å². The quantitative estimate of drug-likeness (QED) is 0.838. The zero-order valence-corrected chi connectivity index (χ0v) is 12.0. The lowest BCUT2D eigenvalue weighted by Crippen LogP contribution is -2.22. The molecule has 1 aliphatic carbocycles. The molecule has 2 N–H and O–H groups in total. The van der Waals surface area contributed by atoms with Crippen molar-refractivity contribution in [1.29, 1.82) is 0 Å². The maximum Gasteiger partial charge on any atom is 0.314 e. The first kappa shape index (κ1) is 14.6. The first-order valence-electron chi connectivity index (χ1n) is 7.18. The lowest BCUT2D eigenvalue weighted by molar-refractivity contribution is -0.140. The van der Waals surface area contributed by atoms with Crippen molar-refractivity contribution in [3.8, 4) is 0 Å². The Labute approximate surface area is 119 Å². The summed E-state index contributed by atoms with van der Waals surface area (Å²) in [6.45, 7) is 4.00. The average Bonchev–Trinajstić information content (AvgIpc) is 3.22. The second-order valence-electron chi connectivity index (χ2n) is 5.47. The summed E-state index contributed by atoms with van der Waals surface area (Å²) in [5.74, 6) is -0.697. The highest BCUT2D eigenvalue weighted by atomic mass is 16.4. The fraction of sp³-hybridized carbons (Fsp3) is 0.500. The number of anilines is 1. The highest BCUT2D eigenvalue weighted by Gasteiger charge is 2.51. The van der Waals surface area contributed by atoms with Gasteiger partial charge in [-0.05, 0) is 43.4 Å².